The predicted molar refractivity (Wildman–Crippen MR) is 97.5 cm³/mol. The van der Waals surface area contributed by atoms with Crippen molar-refractivity contribution in [2.75, 3.05) is 18.8 Å². The second kappa shape index (κ2) is 8.24. The van der Waals surface area contributed by atoms with Gasteiger partial charge >= 0.3 is 0 Å². The van der Waals surface area contributed by atoms with Gasteiger partial charge in [-0.1, -0.05) is 0 Å². The Balaban J connectivity index is 1.48. The van der Waals surface area contributed by atoms with Gasteiger partial charge in [-0.2, -0.15) is 0 Å². The number of aliphatic hydroxyl groups excluding tert-OH is 1. The fourth-order valence-electron chi connectivity index (χ4n) is 2.91. The molecule has 0 saturated carbocycles. The molecule has 26 heavy (non-hydrogen) atoms. The summed E-state index contributed by atoms with van der Waals surface area (Å²) in [5.74, 6) is -0.310. The van der Waals surface area contributed by atoms with E-state index >= 15 is 0 Å². The fraction of sp³-hybridized carbons (Fsp3) is 0.412. The van der Waals surface area contributed by atoms with E-state index in [-0.39, 0.29) is 24.4 Å². The lowest BCUT2D eigenvalue weighted by Crippen LogP contribution is -2.55. The van der Waals surface area contributed by atoms with Gasteiger partial charge in [-0.25, -0.2) is 4.98 Å². The van der Waals surface area contributed by atoms with Crippen LogP contribution >= 0.6 is 11.3 Å². The first kappa shape index (κ1) is 18.3. The minimum atomic E-state index is -0.803. The second-order valence-corrected chi connectivity index (χ2v) is 7.08. The molecule has 2 amide bonds. The summed E-state index contributed by atoms with van der Waals surface area (Å²) >= 11 is 1.35. The molecule has 0 aliphatic carbocycles. The van der Waals surface area contributed by atoms with Crippen molar-refractivity contribution in [2.45, 2.75) is 31.4 Å². The van der Waals surface area contributed by atoms with Crippen molar-refractivity contribution in [3.8, 4) is 0 Å². The summed E-state index contributed by atoms with van der Waals surface area (Å²) in [5.41, 5.74) is 6.83. The molecule has 9 heteroatoms. The minimum absolute atomic E-state index is 0.0346. The molecule has 0 aromatic carbocycles. The first-order valence-electron chi connectivity index (χ1n) is 8.39. The number of nitrogens with one attached hydrogen (secondary N) is 1. The highest BCUT2D eigenvalue weighted by Gasteiger charge is 2.31. The Hall–Kier alpha value is -2.52. The summed E-state index contributed by atoms with van der Waals surface area (Å²) < 4.78 is 0. The smallest absolute Gasteiger partial charge is 0.253 e. The number of carbonyl (C=O) groups excluding carboxylic acids is 2. The molecule has 8 nitrogen and oxygen atoms in total. The summed E-state index contributed by atoms with van der Waals surface area (Å²) in [6.07, 6.45) is 3.62. The molecule has 1 aliphatic heterocycles. The molecule has 0 spiro atoms. The van der Waals surface area contributed by atoms with Gasteiger partial charge < -0.3 is 21.1 Å². The number of likely N-dealkylation sites (tertiary alicyclic amines) is 1. The van der Waals surface area contributed by atoms with Crippen LogP contribution in [0.4, 0.5) is 5.13 Å². The molecule has 3 rings (SSSR count). The average molecular weight is 375 g/mol. The molecule has 2 aromatic heterocycles. The van der Waals surface area contributed by atoms with Crippen molar-refractivity contribution in [1.29, 1.82) is 0 Å². The van der Waals surface area contributed by atoms with Gasteiger partial charge in [-0.3, -0.25) is 14.6 Å². The van der Waals surface area contributed by atoms with Gasteiger partial charge in [0.15, 0.2) is 5.13 Å². The first-order chi connectivity index (χ1) is 12.5. The second-order valence-electron chi connectivity index (χ2n) is 6.19. The maximum absolute atomic E-state index is 12.3. The van der Waals surface area contributed by atoms with Gasteiger partial charge in [-0.15, -0.1) is 11.3 Å². The third-order valence-electron chi connectivity index (χ3n) is 4.34. The van der Waals surface area contributed by atoms with Gasteiger partial charge in [0, 0.05) is 37.3 Å². The summed E-state index contributed by atoms with van der Waals surface area (Å²) in [4.78, 5) is 34.2. The number of nitrogen functional groups attached to an aromatic ring is 1. The number of aryl methyl sites for hydroxylation is 1. The highest BCUT2D eigenvalue weighted by molar-refractivity contribution is 7.13. The summed E-state index contributed by atoms with van der Waals surface area (Å²) in [6.45, 7) is 0.698. The molecule has 4 N–H and O–H groups in total. The Labute approximate surface area is 155 Å². The van der Waals surface area contributed by atoms with Crippen molar-refractivity contribution in [2.24, 2.45) is 0 Å². The lowest BCUT2D eigenvalue weighted by molar-refractivity contribution is -0.134. The normalized spacial score (nSPS) is 20.0. The van der Waals surface area contributed by atoms with Gasteiger partial charge in [0.05, 0.1) is 23.4 Å². The van der Waals surface area contributed by atoms with Crippen molar-refractivity contribution in [3.05, 3.63) is 41.2 Å². The van der Waals surface area contributed by atoms with Gasteiger partial charge in [0.1, 0.15) is 0 Å². The fourth-order valence-corrected chi connectivity index (χ4v) is 3.50. The topological polar surface area (TPSA) is 121 Å². The molecule has 2 aromatic rings. The van der Waals surface area contributed by atoms with Crippen LogP contribution in [0.25, 0.3) is 0 Å². The number of pyridine rings is 1. The number of rotatable bonds is 5. The van der Waals surface area contributed by atoms with Gasteiger partial charge in [-0.05, 0) is 25.0 Å². The van der Waals surface area contributed by atoms with Crippen LogP contribution in [0, 0.1) is 0 Å². The van der Waals surface area contributed by atoms with Crippen LogP contribution in [-0.4, -0.2) is 57.0 Å². The third-order valence-corrected chi connectivity index (χ3v) is 5.06. The number of piperidine rings is 1. The number of carbonyl (C=O) groups is 2. The highest BCUT2D eigenvalue weighted by Crippen LogP contribution is 2.16. The number of anilines is 1. The molecule has 1 saturated heterocycles. The molecule has 1 fully saturated rings. The first-order valence-corrected chi connectivity index (χ1v) is 9.27. The monoisotopic (exact) mass is 375 g/mol. The van der Waals surface area contributed by atoms with Gasteiger partial charge in [0.25, 0.3) is 5.91 Å². The number of hydrogen-bond donors (Lipinski definition) is 3. The van der Waals surface area contributed by atoms with E-state index in [9.17, 15) is 14.7 Å². The van der Waals surface area contributed by atoms with Crippen LogP contribution in [0.1, 0.15) is 28.9 Å². The van der Waals surface area contributed by atoms with E-state index in [0.717, 1.165) is 5.69 Å². The predicted octanol–water partition coefficient (Wildman–Crippen LogP) is 0.445. The molecule has 0 radical (unpaired) electrons. The number of nitrogens with zero attached hydrogens (tertiary/aromatic N) is 3. The maximum Gasteiger partial charge on any atom is 0.253 e. The van der Waals surface area contributed by atoms with E-state index in [1.54, 1.807) is 23.2 Å². The van der Waals surface area contributed by atoms with Gasteiger partial charge in [0.2, 0.25) is 5.91 Å². The van der Waals surface area contributed by atoms with E-state index in [1.807, 2.05) is 5.38 Å². The molecular formula is C17H21N5O3S. The zero-order valence-corrected chi connectivity index (χ0v) is 15.0. The lowest BCUT2D eigenvalue weighted by Gasteiger charge is -2.36. The molecule has 138 valence electrons. The standard InChI is InChI=1S/C17H21N5O3S/c18-17-20-12(10-26-17)3-4-15(24)22-7-5-13(14(23)9-22)21-16(25)11-2-1-6-19-8-11/h1-2,6,8,10,13-14,23H,3-5,7,9H2,(H2,18,20)(H,21,25)/t13-,14-/m1/s1. The number of β-amino-alcohol motifs (C(OH)–C–C–N with tert-alkyl or cyclic N) is 1. The third kappa shape index (κ3) is 4.55. The van der Waals surface area contributed by atoms with Crippen molar-refractivity contribution in [3.63, 3.8) is 0 Å². The Morgan fingerprint density at radius 1 is 1.46 bits per heavy atom. The zero-order chi connectivity index (χ0) is 18.5. The van der Waals surface area contributed by atoms with Crippen molar-refractivity contribution in [1.82, 2.24) is 20.2 Å². The van der Waals surface area contributed by atoms with Crippen LogP contribution in [0.3, 0.4) is 0 Å². The number of nitrogens with two attached hydrogens (primary N) is 1. The molecule has 0 unspecified atom stereocenters. The summed E-state index contributed by atoms with van der Waals surface area (Å²) in [7, 11) is 0. The summed E-state index contributed by atoms with van der Waals surface area (Å²) in [5, 5.41) is 15.5. The molecule has 0 bridgehead atoms. The van der Waals surface area contributed by atoms with Crippen LogP contribution in [-0.2, 0) is 11.2 Å². The Kier molecular flexibility index (Phi) is 5.79. The average Bonchev–Trinajstić information content (AvgIpc) is 3.07. The van der Waals surface area contributed by atoms with Crippen LogP contribution in [0.15, 0.2) is 29.9 Å². The van der Waals surface area contributed by atoms with Crippen LogP contribution in [0.5, 0.6) is 0 Å². The molecule has 3 heterocycles. The number of amides is 2. The SMILES string of the molecule is Nc1nc(CCC(=O)N2CC[C@@H](NC(=O)c3cccnc3)[C@H](O)C2)cs1. The zero-order valence-electron chi connectivity index (χ0n) is 14.2. The van der Waals surface area contributed by atoms with E-state index in [0.29, 0.717) is 36.5 Å². The van der Waals surface area contributed by atoms with E-state index in [1.165, 1.54) is 17.5 Å². The quantitative estimate of drug-likeness (QED) is 0.697. The number of hydrogen-bond acceptors (Lipinski definition) is 7. The summed E-state index contributed by atoms with van der Waals surface area (Å²) in [6, 6.07) is 2.96. The van der Waals surface area contributed by atoms with E-state index in [2.05, 4.69) is 15.3 Å². The van der Waals surface area contributed by atoms with Crippen LogP contribution < -0.4 is 11.1 Å². The number of aromatic nitrogens is 2. The van der Waals surface area contributed by atoms with Crippen LogP contribution in [0.2, 0.25) is 0 Å². The Morgan fingerprint density at radius 3 is 2.96 bits per heavy atom. The largest absolute Gasteiger partial charge is 0.389 e. The van der Waals surface area contributed by atoms with E-state index in [4.69, 9.17) is 5.73 Å². The lowest BCUT2D eigenvalue weighted by atomic mass is 10.0. The molecule has 2 atom stereocenters. The molecule has 1 aliphatic rings. The Morgan fingerprint density at radius 2 is 2.31 bits per heavy atom. The highest BCUT2D eigenvalue weighted by atomic mass is 32.1. The Bertz CT molecular complexity index is 767. The minimum Gasteiger partial charge on any atom is -0.389 e. The van der Waals surface area contributed by atoms with Crippen molar-refractivity contribution >= 4 is 28.3 Å². The van der Waals surface area contributed by atoms with Crippen molar-refractivity contribution < 1.29 is 14.7 Å². The number of thiazole rings is 1. The van der Waals surface area contributed by atoms with E-state index < -0.39 is 6.10 Å². The molecular weight excluding hydrogens is 354 g/mol. The number of aliphatic hydroxyl groups is 1. The maximum atomic E-state index is 12.3.